The lowest BCUT2D eigenvalue weighted by Gasteiger charge is -2.38. The number of anilines is 1. The summed E-state index contributed by atoms with van der Waals surface area (Å²) >= 11 is 0. The molecule has 24 heavy (non-hydrogen) atoms. The highest BCUT2D eigenvalue weighted by Gasteiger charge is 2.44. The fourth-order valence-electron chi connectivity index (χ4n) is 3.71. The van der Waals surface area contributed by atoms with Crippen LogP contribution in [0.1, 0.15) is 32.6 Å². The number of amides is 1. The van der Waals surface area contributed by atoms with Gasteiger partial charge in [0.25, 0.3) is 0 Å². The van der Waals surface area contributed by atoms with E-state index in [2.05, 4.69) is 15.5 Å². The molecule has 2 aromatic rings. The van der Waals surface area contributed by atoms with Gasteiger partial charge in [0.05, 0.1) is 0 Å². The van der Waals surface area contributed by atoms with Gasteiger partial charge in [-0.15, -0.1) is 5.10 Å². The fraction of sp³-hybridized carbons (Fsp3) is 0.500. The van der Waals surface area contributed by atoms with Crippen LogP contribution in [-0.4, -0.2) is 40.1 Å². The second kappa shape index (κ2) is 5.92. The number of benzene rings is 1. The van der Waals surface area contributed by atoms with Crippen LogP contribution < -0.4 is 5.32 Å². The molecule has 2 heterocycles. The zero-order valence-corrected chi connectivity index (χ0v) is 13.9. The van der Waals surface area contributed by atoms with E-state index in [1.54, 1.807) is 0 Å². The van der Waals surface area contributed by atoms with Crippen molar-refractivity contribution in [2.75, 3.05) is 18.4 Å². The monoisotopic (exact) mass is 326 g/mol. The van der Waals surface area contributed by atoms with Gasteiger partial charge in [-0.25, -0.2) is 0 Å². The van der Waals surface area contributed by atoms with Gasteiger partial charge in [0.1, 0.15) is 6.04 Å². The molecule has 1 aliphatic carbocycles. The van der Waals surface area contributed by atoms with E-state index in [0.29, 0.717) is 11.3 Å². The van der Waals surface area contributed by atoms with Gasteiger partial charge in [-0.3, -0.25) is 4.79 Å². The van der Waals surface area contributed by atoms with Crippen molar-refractivity contribution in [2.45, 2.75) is 38.6 Å². The molecule has 1 N–H and O–H groups in total. The summed E-state index contributed by atoms with van der Waals surface area (Å²) in [6, 6.07) is 9.51. The molecule has 1 saturated heterocycles. The average Bonchev–Trinajstić information content (AvgIpc) is 3.22. The number of hydrogen-bond acceptors (Lipinski definition) is 5. The van der Waals surface area contributed by atoms with Gasteiger partial charge < -0.3 is 14.6 Å². The van der Waals surface area contributed by atoms with Crippen molar-refractivity contribution in [2.24, 2.45) is 5.41 Å². The maximum Gasteiger partial charge on any atom is 0.316 e. The zero-order valence-electron chi connectivity index (χ0n) is 13.9. The lowest BCUT2D eigenvalue weighted by molar-refractivity contribution is -0.131. The van der Waals surface area contributed by atoms with Crippen molar-refractivity contribution in [1.82, 2.24) is 15.1 Å². The van der Waals surface area contributed by atoms with Crippen molar-refractivity contribution >= 4 is 11.9 Å². The van der Waals surface area contributed by atoms with Crippen LogP contribution in [0.15, 0.2) is 34.7 Å². The van der Waals surface area contributed by atoms with E-state index in [-0.39, 0.29) is 18.0 Å². The third-order valence-corrected chi connectivity index (χ3v) is 5.32. The van der Waals surface area contributed by atoms with Crippen molar-refractivity contribution < 1.29 is 9.21 Å². The lowest BCUT2D eigenvalue weighted by Crippen LogP contribution is -2.42. The molecule has 1 aromatic heterocycles. The molecule has 1 amide bonds. The highest BCUT2D eigenvalue weighted by atomic mass is 16.4. The van der Waals surface area contributed by atoms with Crippen molar-refractivity contribution in [3.63, 3.8) is 0 Å². The molecule has 2 fully saturated rings. The SMILES string of the molecule is C[C@@H](Nc1nnc(-c2ccccc2)o1)C(=O)N1CCC2(CCC2)C1. The minimum Gasteiger partial charge on any atom is -0.403 e. The number of carbonyl (C=O) groups excluding carboxylic acids is 1. The molecular weight excluding hydrogens is 304 g/mol. The van der Waals surface area contributed by atoms with Gasteiger partial charge in [0, 0.05) is 18.7 Å². The number of nitrogens with zero attached hydrogens (tertiary/aromatic N) is 3. The van der Waals surface area contributed by atoms with Crippen LogP contribution in [0.25, 0.3) is 11.5 Å². The molecule has 6 nitrogen and oxygen atoms in total. The molecule has 0 unspecified atom stereocenters. The van der Waals surface area contributed by atoms with E-state index in [4.69, 9.17) is 4.42 Å². The molecule has 4 rings (SSSR count). The predicted octanol–water partition coefficient (Wildman–Crippen LogP) is 2.94. The van der Waals surface area contributed by atoms with Gasteiger partial charge in [0.15, 0.2) is 0 Å². The second-order valence-electron chi connectivity index (χ2n) is 7.01. The quantitative estimate of drug-likeness (QED) is 0.935. The van der Waals surface area contributed by atoms with Crippen LogP contribution in [0.4, 0.5) is 6.01 Å². The van der Waals surface area contributed by atoms with Crippen LogP contribution in [0.3, 0.4) is 0 Å². The molecule has 126 valence electrons. The second-order valence-corrected chi connectivity index (χ2v) is 7.01. The normalized spacial score (nSPS) is 20.0. The summed E-state index contributed by atoms with van der Waals surface area (Å²) in [5.74, 6) is 0.561. The van der Waals surface area contributed by atoms with Gasteiger partial charge in [-0.05, 0) is 43.7 Å². The first kappa shape index (κ1) is 15.2. The molecule has 1 aromatic carbocycles. The third-order valence-electron chi connectivity index (χ3n) is 5.32. The number of carbonyl (C=O) groups is 1. The number of aromatic nitrogens is 2. The van der Waals surface area contributed by atoms with E-state index in [9.17, 15) is 4.79 Å². The molecule has 1 spiro atoms. The Kier molecular flexibility index (Phi) is 3.75. The van der Waals surface area contributed by atoms with Gasteiger partial charge >= 0.3 is 6.01 Å². The van der Waals surface area contributed by atoms with E-state index >= 15 is 0 Å². The molecule has 2 aliphatic rings. The summed E-state index contributed by atoms with van der Waals surface area (Å²) in [5.41, 5.74) is 1.28. The highest BCUT2D eigenvalue weighted by molar-refractivity contribution is 5.84. The van der Waals surface area contributed by atoms with E-state index in [1.807, 2.05) is 42.2 Å². The Morgan fingerprint density at radius 1 is 1.25 bits per heavy atom. The molecule has 1 aliphatic heterocycles. The van der Waals surface area contributed by atoms with Gasteiger partial charge in [0.2, 0.25) is 11.8 Å². The van der Waals surface area contributed by atoms with Crippen molar-refractivity contribution in [3.8, 4) is 11.5 Å². The molecule has 0 bridgehead atoms. The maximum absolute atomic E-state index is 12.6. The van der Waals surface area contributed by atoms with Crippen LogP contribution in [0.5, 0.6) is 0 Å². The van der Waals surface area contributed by atoms with E-state index in [0.717, 1.165) is 25.1 Å². The largest absolute Gasteiger partial charge is 0.403 e. The molecule has 6 heteroatoms. The zero-order chi connectivity index (χ0) is 16.6. The first-order valence-electron chi connectivity index (χ1n) is 8.60. The standard InChI is InChI=1S/C18H22N4O2/c1-13(16(23)22-11-10-18(12-22)8-5-9-18)19-17-21-20-15(24-17)14-6-3-2-4-7-14/h2-4,6-7,13H,5,8-12H2,1H3,(H,19,21)/t13-/m1/s1. The number of rotatable bonds is 4. The molecule has 0 radical (unpaired) electrons. The van der Waals surface area contributed by atoms with Crippen molar-refractivity contribution in [1.29, 1.82) is 0 Å². The topological polar surface area (TPSA) is 71.3 Å². The Balaban J connectivity index is 1.38. The van der Waals surface area contributed by atoms with Crippen LogP contribution >= 0.6 is 0 Å². The maximum atomic E-state index is 12.6. The first-order valence-corrected chi connectivity index (χ1v) is 8.60. The summed E-state index contributed by atoms with van der Waals surface area (Å²) in [6.45, 7) is 3.61. The Bertz CT molecular complexity index is 724. The molecule has 1 atom stereocenters. The van der Waals surface area contributed by atoms with E-state index in [1.165, 1.54) is 19.3 Å². The van der Waals surface area contributed by atoms with Crippen LogP contribution in [0.2, 0.25) is 0 Å². The van der Waals surface area contributed by atoms with Crippen molar-refractivity contribution in [3.05, 3.63) is 30.3 Å². The lowest BCUT2D eigenvalue weighted by atomic mass is 9.68. The number of likely N-dealkylation sites (tertiary alicyclic amines) is 1. The van der Waals surface area contributed by atoms with Gasteiger partial charge in [-0.1, -0.05) is 29.7 Å². The molecular formula is C18H22N4O2. The van der Waals surface area contributed by atoms with Gasteiger partial charge in [-0.2, -0.15) is 0 Å². The number of hydrogen-bond donors (Lipinski definition) is 1. The Morgan fingerprint density at radius 3 is 2.71 bits per heavy atom. The minimum atomic E-state index is -0.371. The first-order chi connectivity index (χ1) is 11.7. The fourth-order valence-corrected chi connectivity index (χ4v) is 3.71. The Hall–Kier alpha value is -2.37. The highest BCUT2D eigenvalue weighted by Crippen LogP contribution is 2.48. The molecule has 1 saturated carbocycles. The summed E-state index contributed by atoms with van der Waals surface area (Å²) in [5, 5.41) is 11.1. The number of nitrogens with one attached hydrogen (secondary N) is 1. The average molecular weight is 326 g/mol. The van der Waals surface area contributed by atoms with Crippen LogP contribution in [-0.2, 0) is 4.79 Å². The Labute approximate surface area is 141 Å². The van der Waals surface area contributed by atoms with E-state index < -0.39 is 0 Å². The van der Waals surface area contributed by atoms with Crippen LogP contribution in [0, 0.1) is 5.41 Å². The predicted molar refractivity (Wildman–Crippen MR) is 90.3 cm³/mol. The third kappa shape index (κ3) is 2.77. The summed E-state index contributed by atoms with van der Waals surface area (Å²) in [6.07, 6.45) is 4.98. The Morgan fingerprint density at radius 2 is 2.04 bits per heavy atom. The summed E-state index contributed by atoms with van der Waals surface area (Å²) in [4.78, 5) is 14.6. The smallest absolute Gasteiger partial charge is 0.316 e. The summed E-state index contributed by atoms with van der Waals surface area (Å²) in [7, 11) is 0. The minimum absolute atomic E-state index is 0.109. The summed E-state index contributed by atoms with van der Waals surface area (Å²) < 4.78 is 5.62.